The van der Waals surface area contributed by atoms with Crippen molar-refractivity contribution in [3.63, 3.8) is 0 Å². The first-order valence-electron chi connectivity index (χ1n) is 10.4. The normalized spacial score (nSPS) is 19.8. The molecule has 6 nitrogen and oxygen atoms in total. The molecule has 0 bridgehead atoms. The quantitative estimate of drug-likeness (QED) is 0.552. The Hall–Kier alpha value is -1.96. The van der Waals surface area contributed by atoms with Gasteiger partial charge in [-0.25, -0.2) is 9.38 Å². The van der Waals surface area contributed by atoms with Gasteiger partial charge in [0, 0.05) is 57.9 Å². The van der Waals surface area contributed by atoms with Crippen LogP contribution in [0.3, 0.4) is 0 Å². The molecular formula is C22H32ClFN6. The van der Waals surface area contributed by atoms with E-state index in [2.05, 4.69) is 36.7 Å². The van der Waals surface area contributed by atoms with Gasteiger partial charge in [0.15, 0.2) is 0 Å². The molecular weight excluding hydrogens is 403 g/mol. The van der Waals surface area contributed by atoms with Gasteiger partial charge in [-0.1, -0.05) is 17.7 Å². The highest BCUT2D eigenvalue weighted by atomic mass is 35.5. The zero-order valence-corrected chi connectivity index (χ0v) is 18.9. The Morgan fingerprint density at radius 2 is 2.03 bits per heavy atom. The Morgan fingerprint density at radius 1 is 1.30 bits per heavy atom. The van der Waals surface area contributed by atoms with Crippen LogP contribution in [-0.4, -0.2) is 87.7 Å². The van der Waals surface area contributed by atoms with Crippen molar-refractivity contribution in [2.45, 2.75) is 18.9 Å². The SMILES string of the molecule is C=NC1=C(/C(=N\C)N2CCN(C(CN(C)C)c3ccc(Cl)c(F)c3)CC2)CCCN1. The summed E-state index contributed by atoms with van der Waals surface area (Å²) < 4.78 is 14.1. The summed E-state index contributed by atoms with van der Waals surface area (Å²) in [6.07, 6.45) is 2.03. The van der Waals surface area contributed by atoms with E-state index in [-0.39, 0.29) is 16.9 Å². The first-order chi connectivity index (χ1) is 14.4. The van der Waals surface area contributed by atoms with Crippen molar-refractivity contribution in [2.75, 3.05) is 60.4 Å². The van der Waals surface area contributed by atoms with E-state index in [1.807, 2.05) is 27.2 Å². The molecule has 1 unspecified atom stereocenters. The van der Waals surface area contributed by atoms with Gasteiger partial charge in [0.05, 0.1) is 5.02 Å². The fraction of sp³-hybridized carbons (Fsp3) is 0.545. The van der Waals surface area contributed by atoms with Crippen molar-refractivity contribution in [2.24, 2.45) is 9.98 Å². The molecule has 1 aromatic rings. The second-order valence-electron chi connectivity index (χ2n) is 8.04. The number of halogens is 2. The third-order valence-electron chi connectivity index (χ3n) is 5.74. The zero-order valence-electron chi connectivity index (χ0n) is 18.2. The van der Waals surface area contributed by atoms with Crippen LogP contribution in [0, 0.1) is 5.82 Å². The summed E-state index contributed by atoms with van der Waals surface area (Å²) in [7, 11) is 5.93. The summed E-state index contributed by atoms with van der Waals surface area (Å²) in [4.78, 5) is 15.7. The molecule has 30 heavy (non-hydrogen) atoms. The number of hydrogen-bond donors (Lipinski definition) is 1. The van der Waals surface area contributed by atoms with E-state index in [0.29, 0.717) is 0 Å². The maximum absolute atomic E-state index is 14.1. The van der Waals surface area contributed by atoms with Crippen molar-refractivity contribution >= 4 is 24.2 Å². The number of hydrogen-bond acceptors (Lipinski definition) is 5. The average Bonchev–Trinajstić information content (AvgIpc) is 2.75. The van der Waals surface area contributed by atoms with Gasteiger partial charge in [-0.05, 0) is 51.4 Å². The van der Waals surface area contributed by atoms with Crippen molar-refractivity contribution in [3.8, 4) is 0 Å². The predicted molar refractivity (Wildman–Crippen MR) is 123 cm³/mol. The number of benzene rings is 1. The summed E-state index contributed by atoms with van der Waals surface area (Å²) in [5.41, 5.74) is 2.11. The van der Waals surface area contributed by atoms with Gasteiger partial charge in [0.25, 0.3) is 0 Å². The van der Waals surface area contributed by atoms with Crippen LogP contribution in [-0.2, 0) is 0 Å². The molecule has 1 N–H and O–H groups in total. The number of amidine groups is 1. The van der Waals surface area contributed by atoms with Gasteiger partial charge >= 0.3 is 0 Å². The Bertz CT molecular complexity index is 814. The largest absolute Gasteiger partial charge is 0.370 e. The molecule has 0 aliphatic carbocycles. The lowest BCUT2D eigenvalue weighted by Crippen LogP contribution is -2.51. The van der Waals surface area contributed by atoms with Crippen LogP contribution in [0.1, 0.15) is 24.4 Å². The highest BCUT2D eigenvalue weighted by molar-refractivity contribution is 6.30. The average molecular weight is 435 g/mol. The molecule has 8 heteroatoms. The molecule has 1 saturated heterocycles. The van der Waals surface area contributed by atoms with E-state index in [9.17, 15) is 4.39 Å². The highest BCUT2D eigenvalue weighted by Gasteiger charge is 2.29. The third-order valence-corrected chi connectivity index (χ3v) is 6.05. The number of piperazine rings is 1. The third kappa shape index (κ3) is 5.20. The Morgan fingerprint density at radius 3 is 2.63 bits per heavy atom. The summed E-state index contributed by atoms with van der Waals surface area (Å²) in [6.45, 7) is 8.92. The Kier molecular flexibility index (Phi) is 7.86. The van der Waals surface area contributed by atoms with E-state index in [1.54, 1.807) is 12.1 Å². The minimum absolute atomic E-state index is 0.108. The topological polar surface area (TPSA) is 46.5 Å². The first-order valence-corrected chi connectivity index (χ1v) is 10.8. The lowest BCUT2D eigenvalue weighted by Gasteiger charge is -2.42. The Labute approximate surface area is 184 Å². The molecule has 2 heterocycles. The van der Waals surface area contributed by atoms with E-state index in [4.69, 9.17) is 11.6 Å². The lowest BCUT2D eigenvalue weighted by atomic mass is 10.0. The zero-order chi connectivity index (χ0) is 21.7. The summed E-state index contributed by atoms with van der Waals surface area (Å²) in [5, 5.41) is 3.50. The fourth-order valence-corrected chi connectivity index (χ4v) is 4.39. The molecule has 1 fully saturated rings. The second kappa shape index (κ2) is 10.4. The maximum Gasteiger partial charge on any atom is 0.142 e. The molecule has 0 radical (unpaired) electrons. The maximum atomic E-state index is 14.1. The minimum Gasteiger partial charge on any atom is -0.370 e. The van der Waals surface area contributed by atoms with Gasteiger partial charge in [-0.15, -0.1) is 0 Å². The van der Waals surface area contributed by atoms with E-state index in [1.165, 1.54) is 0 Å². The fourth-order valence-electron chi connectivity index (χ4n) is 4.28. The van der Waals surface area contributed by atoms with Gasteiger partial charge < -0.3 is 15.1 Å². The number of likely N-dealkylation sites (N-methyl/N-ethyl adjacent to an activating group) is 1. The molecule has 3 rings (SSSR count). The van der Waals surface area contributed by atoms with Gasteiger partial charge in [0.2, 0.25) is 0 Å². The van der Waals surface area contributed by atoms with Crippen molar-refractivity contribution in [3.05, 3.63) is 46.0 Å². The van der Waals surface area contributed by atoms with E-state index in [0.717, 1.165) is 74.9 Å². The molecule has 0 aromatic heterocycles. The number of nitrogens with one attached hydrogen (secondary N) is 1. The van der Waals surface area contributed by atoms with Crippen molar-refractivity contribution in [1.82, 2.24) is 20.0 Å². The lowest BCUT2D eigenvalue weighted by molar-refractivity contribution is 0.112. The number of rotatable bonds is 6. The molecule has 0 saturated carbocycles. The van der Waals surface area contributed by atoms with Crippen LogP contribution < -0.4 is 5.32 Å². The summed E-state index contributed by atoms with van der Waals surface area (Å²) in [6, 6.07) is 5.27. The van der Waals surface area contributed by atoms with Crippen molar-refractivity contribution in [1.29, 1.82) is 0 Å². The number of aliphatic imine (C=N–C) groups is 2. The molecule has 0 amide bonds. The van der Waals surface area contributed by atoms with Crippen LogP contribution in [0.25, 0.3) is 0 Å². The van der Waals surface area contributed by atoms with E-state index < -0.39 is 0 Å². The van der Waals surface area contributed by atoms with Gasteiger partial charge in [-0.2, -0.15) is 0 Å². The van der Waals surface area contributed by atoms with Crippen LogP contribution >= 0.6 is 11.6 Å². The molecule has 1 atom stereocenters. The van der Waals surface area contributed by atoms with Gasteiger partial charge in [0.1, 0.15) is 17.5 Å². The van der Waals surface area contributed by atoms with Crippen LogP contribution in [0.4, 0.5) is 4.39 Å². The monoisotopic (exact) mass is 434 g/mol. The van der Waals surface area contributed by atoms with Crippen LogP contribution in [0.2, 0.25) is 5.02 Å². The molecule has 2 aliphatic rings. The van der Waals surface area contributed by atoms with Gasteiger partial charge in [-0.3, -0.25) is 9.89 Å². The van der Waals surface area contributed by atoms with Crippen LogP contribution in [0.5, 0.6) is 0 Å². The summed E-state index contributed by atoms with van der Waals surface area (Å²) in [5.74, 6) is 1.50. The number of nitrogens with zero attached hydrogens (tertiary/aromatic N) is 5. The standard InChI is InChI=1S/C22H32ClFN6/c1-25-21-17(6-5-9-27-21)22(26-2)30-12-10-29(11-13-30)20(15-28(3)4)16-7-8-18(23)19(24)14-16/h7-8,14,20,27H,1,5-6,9-13,15H2,2-4H3/b26-22+. The van der Waals surface area contributed by atoms with E-state index >= 15 is 0 Å². The smallest absolute Gasteiger partial charge is 0.142 e. The van der Waals surface area contributed by atoms with Crippen molar-refractivity contribution < 1.29 is 4.39 Å². The van der Waals surface area contributed by atoms with Crippen LogP contribution in [0.15, 0.2) is 39.6 Å². The minimum atomic E-state index is -0.363. The molecule has 164 valence electrons. The molecule has 2 aliphatic heterocycles. The second-order valence-corrected chi connectivity index (χ2v) is 8.44. The highest BCUT2D eigenvalue weighted by Crippen LogP contribution is 2.27. The molecule has 1 aromatic carbocycles. The molecule has 0 spiro atoms. The summed E-state index contributed by atoms with van der Waals surface area (Å²) >= 11 is 5.90. The predicted octanol–water partition coefficient (Wildman–Crippen LogP) is 3.02. The first kappa shape index (κ1) is 22.7. The Balaban J connectivity index is 1.75.